The molecule has 0 atom stereocenters. The van der Waals surface area contributed by atoms with Crippen molar-refractivity contribution in [1.29, 1.82) is 0 Å². The van der Waals surface area contributed by atoms with Gasteiger partial charge in [-0.1, -0.05) is 24.3 Å². The highest BCUT2D eigenvalue weighted by Crippen LogP contribution is 2.21. The molecule has 0 unspecified atom stereocenters. The number of nitrogens with zero attached hydrogens (tertiary/aromatic N) is 1. The van der Waals surface area contributed by atoms with Crippen LogP contribution in [0.5, 0.6) is 5.75 Å². The second-order valence-corrected chi connectivity index (χ2v) is 8.52. The molecule has 1 aliphatic rings. The maximum absolute atomic E-state index is 12.7. The van der Waals surface area contributed by atoms with Gasteiger partial charge in [-0.05, 0) is 43.2 Å². The zero-order chi connectivity index (χ0) is 20.1. The molecule has 1 amide bonds. The standard InChI is InChI=1S/C20H22N2O5S/c1-15(23)27-18-7-5-6-16(14-18)20(24)21-17-10-12-22(13-11-17)28(25,26)19-8-3-2-4-9-19/h2-9,14,17H,10-13H2,1H3,(H,21,24). The lowest BCUT2D eigenvalue weighted by atomic mass is 10.1. The topological polar surface area (TPSA) is 92.8 Å². The van der Waals surface area contributed by atoms with Gasteiger partial charge in [0.05, 0.1) is 4.90 Å². The predicted octanol–water partition coefficient (Wildman–Crippen LogP) is 2.20. The Balaban J connectivity index is 1.59. The molecule has 0 saturated carbocycles. The van der Waals surface area contributed by atoms with Crippen LogP contribution in [0.15, 0.2) is 59.5 Å². The summed E-state index contributed by atoms with van der Waals surface area (Å²) < 4.78 is 31.8. The minimum absolute atomic E-state index is 0.118. The molecule has 3 rings (SSSR count). The van der Waals surface area contributed by atoms with Crippen LogP contribution in [0.2, 0.25) is 0 Å². The molecule has 2 aromatic carbocycles. The average molecular weight is 402 g/mol. The van der Waals surface area contributed by atoms with Gasteiger partial charge in [-0.25, -0.2) is 8.42 Å². The number of esters is 1. The summed E-state index contributed by atoms with van der Waals surface area (Å²) in [6.45, 7) is 1.98. The Morgan fingerprint density at radius 2 is 1.71 bits per heavy atom. The molecule has 1 aliphatic heterocycles. The number of benzene rings is 2. The van der Waals surface area contributed by atoms with Crippen molar-refractivity contribution in [2.45, 2.75) is 30.7 Å². The number of rotatable bonds is 5. The second kappa shape index (κ2) is 8.53. The van der Waals surface area contributed by atoms with E-state index in [4.69, 9.17) is 4.74 Å². The number of amides is 1. The van der Waals surface area contributed by atoms with Crippen molar-refractivity contribution < 1.29 is 22.7 Å². The van der Waals surface area contributed by atoms with Crippen molar-refractivity contribution in [3.63, 3.8) is 0 Å². The molecule has 1 saturated heterocycles. The summed E-state index contributed by atoms with van der Waals surface area (Å²) in [5, 5.41) is 2.93. The molecular weight excluding hydrogens is 380 g/mol. The van der Waals surface area contributed by atoms with Crippen LogP contribution in [0.4, 0.5) is 0 Å². The first kappa shape index (κ1) is 20.0. The van der Waals surface area contributed by atoms with Crippen molar-refractivity contribution >= 4 is 21.9 Å². The third-order valence-electron chi connectivity index (χ3n) is 4.53. The third-order valence-corrected chi connectivity index (χ3v) is 6.44. The van der Waals surface area contributed by atoms with Crippen LogP contribution in [-0.2, 0) is 14.8 Å². The molecule has 1 fully saturated rings. The smallest absolute Gasteiger partial charge is 0.308 e. The van der Waals surface area contributed by atoms with Crippen LogP contribution in [0.3, 0.4) is 0 Å². The van der Waals surface area contributed by atoms with E-state index < -0.39 is 16.0 Å². The Morgan fingerprint density at radius 3 is 2.36 bits per heavy atom. The monoisotopic (exact) mass is 402 g/mol. The number of carbonyl (C=O) groups excluding carboxylic acids is 2. The molecule has 8 heteroatoms. The Kier molecular flexibility index (Phi) is 6.11. The van der Waals surface area contributed by atoms with Gasteiger partial charge in [0, 0.05) is 31.6 Å². The van der Waals surface area contributed by atoms with Gasteiger partial charge in [-0.2, -0.15) is 4.31 Å². The van der Waals surface area contributed by atoms with Gasteiger partial charge in [-0.3, -0.25) is 9.59 Å². The van der Waals surface area contributed by atoms with Gasteiger partial charge in [0.25, 0.3) is 5.91 Å². The molecule has 2 aromatic rings. The summed E-state index contributed by atoms with van der Waals surface area (Å²) >= 11 is 0. The molecule has 7 nitrogen and oxygen atoms in total. The molecule has 0 aromatic heterocycles. The fraction of sp³-hybridized carbons (Fsp3) is 0.300. The number of carbonyl (C=O) groups is 2. The van der Waals surface area contributed by atoms with E-state index in [2.05, 4.69) is 5.32 Å². The Bertz CT molecular complexity index is 952. The van der Waals surface area contributed by atoms with Crippen molar-refractivity contribution in [1.82, 2.24) is 9.62 Å². The lowest BCUT2D eigenvalue weighted by Crippen LogP contribution is -2.46. The Labute approximate surface area is 164 Å². The van der Waals surface area contributed by atoms with Crippen molar-refractivity contribution in [3.8, 4) is 5.75 Å². The fourth-order valence-corrected chi connectivity index (χ4v) is 4.61. The minimum atomic E-state index is -3.51. The van der Waals surface area contributed by atoms with Gasteiger partial charge in [-0.15, -0.1) is 0 Å². The molecule has 0 radical (unpaired) electrons. The Morgan fingerprint density at radius 1 is 1.04 bits per heavy atom. The quantitative estimate of drug-likeness (QED) is 0.611. The first-order chi connectivity index (χ1) is 13.4. The molecular formula is C20H22N2O5S. The predicted molar refractivity (Wildman–Crippen MR) is 103 cm³/mol. The zero-order valence-electron chi connectivity index (χ0n) is 15.5. The summed E-state index contributed by atoms with van der Waals surface area (Å²) in [6.07, 6.45) is 1.06. The largest absolute Gasteiger partial charge is 0.427 e. The maximum atomic E-state index is 12.7. The minimum Gasteiger partial charge on any atom is -0.427 e. The molecule has 0 spiro atoms. The average Bonchev–Trinajstić information content (AvgIpc) is 2.69. The van der Waals surface area contributed by atoms with Crippen LogP contribution >= 0.6 is 0 Å². The van der Waals surface area contributed by atoms with Crippen LogP contribution in [0.1, 0.15) is 30.1 Å². The highest BCUT2D eigenvalue weighted by atomic mass is 32.2. The van der Waals surface area contributed by atoms with E-state index in [-0.39, 0.29) is 16.8 Å². The third kappa shape index (κ3) is 4.76. The summed E-state index contributed by atoms with van der Waals surface area (Å²) in [7, 11) is -3.51. The number of ether oxygens (including phenoxy) is 1. The number of hydrogen-bond acceptors (Lipinski definition) is 5. The maximum Gasteiger partial charge on any atom is 0.308 e. The van der Waals surface area contributed by atoms with Crippen LogP contribution in [0, 0.1) is 0 Å². The number of hydrogen-bond donors (Lipinski definition) is 1. The number of piperidine rings is 1. The SMILES string of the molecule is CC(=O)Oc1cccc(C(=O)NC2CCN(S(=O)(=O)c3ccccc3)CC2)c1. The molecule has 1 N–H and O–H groups in total. The second-order valence-electron chi connectivity index (χ2n) is 6.59. The van der Waals surface area contributed by atoms with E-state index in [9.17, 15) is 18.0 Å². The van der Waals surface area contributed by atoms with E-state index in [1.165, 1.54) is 17.3 Å². The first-order valence-corrected chi connectivity index (χ1v) is 10.4. The van der Waals surface area contributed by atoms with Crippen molar-refractivity contribution in [2.24, 2.45) is 0 Å². The molecule has 0 aliphatic carbocycles. The highest BCUT2D eigenvalue weighted by molar-refractivity contribution is 7.89. The van der Waals surface area contributed by atoms with Crippen LogP contribution in [0.25, 0.3) is 0 Å². The summed E-state index contributed by atoms with van der Waals surface area (Å²) in [4.78, 5) is 23.8. The van der Waals surface area contributed by atoms with Gasteiger partial charge < -0.3 is 10.1 Å². The van der Waals surface area contributed by atoms with E-state index in [1.807, 2.05) is 0 Å². The zero-order valence-corrected chi connectivity index (χ0v) is 16.3. The van der Waals surface area contributed by atoms with Gasteiger partial charge in [0.2, 0.25) is 10.0 Å². The number of sulfonamides is 1. The lowest BCUT2D eigenvalue weighted by molar-refractivity contribution is -0.131. The van der Waals surface area contributed by atoms with E-state index >= 15 is 0 Å². The van der Waals surface area contributed by atoms with Gasteiger partial charge in [0.1, 0.15) is 5.75 Å². The van der Waals surface area contributed by atoms with E-state index in [1.54, 1.807) is 48.5 Å². The first-order valence-electron chi connectivity index (χ1n) is 9.01. The summed E-state index contributed by atoms with van der Waals surface area (Å²) in [6, 6.07) is 14.6. The molecule has 28 heavy (non-hydrogen) atoms. The normalized spacial score (nSPS) is 15.8. The van der Waals surface area contributed by atoms with E-state index in [0.717, 1.165) is 0 Å². The summed E-state index contributed by atoms with van der Waals surface area (Å²) in [5.74, 6) is -0.424. The number of nitrogens with one attached hydrogen (secondary N) is 1. The Hall–Kier alpha value is -2.71. The van der Waals surface area contributed by atoms with Crippen molar-refractivity contribution in [2.75, 3.05) is 13.1 Å². The van der Waals surface area contributed by atoms with Gasteiger partial charge in [0.15, 0.2) is 0 Å². The fourth-order valence-electron chi connectivity index (χ4n) is 3.12. The van der Waals surface area contributed by atoms with Crippen LogP contribution < -0.4 is 10.1 Å². The molecule has 1 heterocycles. The van der Waals surface area contributed by atoms with Crippen LogP contribution in [-0.4, -0.2) is 43.7 Å². The van der Waals surface area contributed by atoms with E-state index in [0.29, 0.717) is 37.2 Å². The van der Waals surface area contributed by atoms with Crippen molar-refractivity contribution in [3.05, 3.63) is 60.2 Å². The lowest BCUT2D eigenvalue weighted by Gasteiger charge is -2.31. The molecule has 0 bridgehead atoms. The summed E-state index contributed by atoms with van der Waals surface area (Å²) in [5.41, 5.74) is 0.387. The highest BCUT2D eigenvalue weighted by Gasteiger charge is 2.29. The molecule has 148 valence electrons. The van der Waals surface area contributed by atoms with Gasteiger partial charge >= 0.3 is 5.97 Å².